The third kappa shape index (κ3) is 3.80. The van der Waals surface area contributed by atoms with Crippen molar-refractivity contribution in [2.45, 2.75) is 32.6 Å². The molecule has 1 heterocycles. The van der Waals surface area contributed by atoms with Crippen LogP contribution in [-0.2, 0) is 0 Å². The van der Waals surface area contributed by atoms with Crippen LogP contribution in [0.4, 0.5) is 11.6 Å². The Morgan fingerprint density at radius 2 is 1.89 bits per heavy atom. The maximum absolute atomic E-state index is 9.42. The molecular weight excluding hydrogens is 240 g/mol. The minimum Gasteiger partial charge on any atom is -0.396 e. The largest absolute Gasteiger partial charge is 0.396 e. The van der Waals surface area contributed by atoms with Crippen molar-refractivity contribution >= 4 is 11.6 Å². The van der Waals surface area contributed by atoms with Crippen molar-refractivity contribution in [1.82, 2.24) is 9.97 Å². The number of aryl methyl sites for hydroxylation is 1. The summed E-state index contributed by atoms with van der Waals surface area (Å²) >= 11 is 0. The number of nitrogens with zero attached hydrogens (tertiary/aromatic N) is 2. The van der Waals surface area contributed by atoms with E-state index in [1.807, 2.05) is 20.0 Å². The monoisotopic (exact) mass is 264 g/mol. The average molecular weight is 264 g/mol. The number of nitrogens with one attached hydrogen (secondary N) is 2. The van der Waals surface area contributed by atoms with Crippen LogP contribution in [0, 0.1) is 18.8 Å². The molecular formula is C14H24N4O. The Hall–Kier alpha value is -1.36. The van der Waals surface area contributed by atoms with E-state index in [0.717, 1.165) is 30.4 Å². The predicted molar refractivity (Wildman–Crippen MR) is 77.3 cm³/mol. The first kappa shape index (κ1) is 14.1. The summed E-state index contributed by atoms with van der Waals surface area (Å²) in [5, 5.41) is 15.8. The average Bonchev–Trinajstić information content (AvgIpc) is 2.44. The SMILES string of the molecule is CNc1cc(NCC2CCCCC2CO)nc(C)n1. The van der Waals surface area contributed by atoms with Gasteiger partial charge in [0, 0.05) is 26.3 Å². The predicted octanol–water partition coefficient (Wildman–Crippen LogP) is 2.04. The molecule has 0 bridgehead atoms. The number of aromatic nitrogens is 2. The summed E-state index contributed by atoms with van der Waals surface area (Å²) in [7, 11) is 1.86. The Morgan fingerprint density at radius 1 is 1.21 bits per heavy atom. The maximum atomic E-state index is 9.42. The molecule has 2 unspecified atom stereocenters. The van der Waals surface area contributed by atoms with Crippen molar-refractivity contribution < 1.29 is 5.11 Å². The second-order valence-corrected chi connectivity index (χ2v) is 5.30. The first-order valence-corrected chi connectivity index (χ1v) is 7.11. The van der Waals surface area contributed by atoms with Gasteiger partial charge in [-0.05, 0) is 31.6 Å². The van der Waals surface area contributed by atoms with Crippen LogP contribution >= 0.6 is 0 Å². The summed E-state index contributed by atoms with van der Waals surface area (Å²) in [5.74, 6) is 3.44. The van der Waals surface area contributed by atoms with E-state index in [2.05, 4.69) is 20.6 Å². The topological polar surface area (TPSA) is 70.1 Å². The summed E-state index contributed by atoms with van der Waals surface area (Å²) in [4.78, 5) is 8.67. The van der Waals surface area contributed by atoms with E-state index in [4.69, 9.17) is 0 Å². The zero-order valence-corrected chi connectivity index (χ0v) is 11.8. The summed E-state index contributed by atoms with van der Waals surface area (Å²) < 4.78 is 0. The van der Waals surface area contributed by atoms with Gasteiger partial charge in [-0.2, -0.15) is 0 Å². The molecule has 0 aliphatic heterocycles. The van der Waals surface area contributed by atoms with Gasteiger partial charge in [0.1, 0.15) is 17.5 Å². The third-order valence-electron chi connectivity index (χ3n) is 3.94. The van der Waals surface area contributed by atoms with Crippen LogP contribution in [0.3, 0.4) is 0 Å². The standard InChI is InChI=1S/C14H24N4O/c1-10-17-13(15-2)7-14(18-10)16-8-11-5-3-4-6-12(11)9-19/h7,11-12,19H,3-6,8-9H2,1-2H3,(H2,15,16,17,18). The van der Waals surface area contributed by atoms with E-state index in [0.29, 0.717) is 18.4 Å². The smallest absolute Gasteiger partial charge is 0.131 e. The molecule has 1 fully saturated rings. The van der Waals surface area contributed by atoms with Gasteiger partial charge in [-0.3, -0.25) is 0 Å². The number of hydrogen-bond acceptors (Lipinski definition) is 5. The number of aliphatic hydroxyl groups excluding tert-OH is 1. The van der Waals surface area contributed by atoms with Gasteiger partial charge in [0.2, 0.25) is 0 Å². The van der Waals surface area contributed by atoms with E-state index in [1.54, 1.807) is 0 Å². The Morgan fingerprint density at radius 3 is 2.58 bits per heavy atom. The molecule has 5 nitrogen and oxygen atoms in total. The lowest BCUT2D eigenvalue weighted by molar-refractivity contribution is 0.141. The van der Waals surface area contributed by atoms with Crippen molar-refractivity contribution in [2.24, 2.45) is 11.8 Å². The fourth-order valence-electron chi connectivity index (χ4n) is 2.82. The van der Waals surface area contributed by atoms with Gasteiger partial charge in [-0.15, -0.1) is 0 Å². The lowest BCUT2D eigenvalue weighted by Crippen LogP contribution is -2.28. The van der Waals surface area contributed by atoms with Crippen LogP contribution in [0.1, 0.15) is 31.5 Å². The molecule has 0 radical (unpaired) electrons. The van der Waals surface area contributed by atoms with Crippen molar-refractivity contribution in [1.29, 1.82) is 0 Å². The first-order chi connectivity index (χ1) is 9.22. The van der Waals surface area contributed by atoms with Gasteiger partial charge in [-0.1, -0.05) is 12.8 Å². The molecule has 1 aromatic heterocycles. The highest BCUT2D eigenvalue weighted by atomic mass is 16.3. The molecule has 106 valence electrons. The quantitative estimate of drug-likeness (QED) is 0.759. The van der Waals surface area contributed by atoms with Crippen LogP contribution in [-0.4, -0.2) is 35.3 Å². The maximum Gasteiger partial charge on any atom is 0.131 e. The number of rotatable bonds is 5. The fourth-order valence-corrected chi connectivity index (χ4v) is 2.82. The van der Waals surface area contributed by atoms with Gasteiger partial charge in [0.15, 0.2) is 0 Å². The Kier molecular flexibility index (Phi) is 4.96. The van der Waals surface area contributed by atoms with E-state index >= 15 is 0 Å². The van der Waals surface area contributed by atoms with Gasteiger partial charge in [-0.25, -0.2) is 9.97 Å². The van der Waals surface area contributed by atoms with E-state index in [-0.39, 0.29) is 0 Å². The zero-order valence-electron chi connectivity index (χ0n) is 11.8. The molecule has 2 atom stereocenters. The molecule has 0 saturated heterocycles. The summed E-state index contributed by atoms with van der Waals surface area (Å²) in [6.07, 6.45) is 4.86. The molecule has 1 aliphatic carbocycles. The highest BCUT2D eigenvalue weighted by molar-refractivity contribution is 5.47. The molecule has 0 spiro atoms. The Labute approximate surface area is 114 Å². The van der Waals surface area contributed by atoms with Crippen LogP contribution < -0.4 is 10.6 Å². The molecule has 2 rings (SSSR count). The number of anilines is 2. The molecule has 1 aromatic rings. The first-order valence-electron chi connectivity index (χ1n) is 7.11. The van der Waals surface area contributed by atoms with Crippen LogP contribution in [0.15, 0.2) is 6.07 Å². The molecule has 0 aromatic carbocycles. The number of hydrogen-bond donors (Lipinski definition) is 3. The molecule has 0 amide bonds. The van der Waals surface area contributed by atoms with Crippen molar-refractivity contribution in [3.05, 3.63) is 11.9 Å². The molecule has 3 N–H and O–H groups in total. The van der Waals surface area contributed by atoms with E-state index in [9.17, 15) is 5.11 Å². The summed E-state index contributed by atoms with van der Waals surface area (Å²) in [6.45, 7) is 3.07. The third-order valence-corrected chi connectivity index (χ3v) is 3.94. The lowest BCUT2D eigenvalue weighted by atomic mass is 9.79. The van der Waals surface area contributed by atoms with E-state index in [1.165, 1.54) is 19.3 Å². The molecule has 19 heavy (non-hydrogen) atoms. The van der Waals surface area contributed by atoms with Gasteiger partial charge >= 0.3 is 0 Å². The van der Waals surface area contributed by atoms with Crippen LogP contribution in [0.5, 0.6) is 0 Å². The molecule has 1 saturated carbocycles. The minimum absolute atomic E-state index is 0.302. The van der Waals surface area contributed by atoms with Crippen LogP contribution in [0.2, 0.25) is 0 Å². The fraction of sp³-hybridized carbons (Fsp3) is 0.714. The normalized spacial score (nSPS) is 23.1. The highest BCUT2D eigenvalue weighted by Crippen LogP contribution is 2.29. The highest BCUT2D eigenvalue weighted by Gasteiger charge is 2.24. The lowest BCUT2D eigenvalue weighted by Gasteiger charge is -2.30. The van der Waals surface area contributed by atoms with Crippen molar-refractivity contribution in [3.63, 3.8) is 0 Å². The molecule has 1 aliphatic rings. The molecule has 5 heteroatoms. The second-order valence-electron chi connectivity index (χ2n) is 5.30. The Bertz CT molecular complexity index is 410. The van der Waals surface area contributed by atoms with Crippen molar-refractivity contribution in [2.75, 3.05) is 30.8 Å². The minimum atomic E-state index is 0.302. The van der Waals surface area contributed by atoms with Crippen molar-refractivity contribution in [3.8, 4) is 0 Å². The summed E-state index contributed by atoms with van der Waals surface area (Å²) in [6, 6.07) is 1.92. The number of aliphatic hydroxyl groups is 1. The van der Waals surface area contributed by atoms with Gasteiger partial charge in [0.25, 0.3) is 0 Å². The zero-order chi connectivity index (χ0) is 13.7. The van der Waals surface area contributed by atoms with Gasteiger partial charge in [0.05, 0.1) is 0 Å². The van der Waals surface area contributed by atoms with Crippen LogP contribution in [0.25, 0.3) is 0 Å². The second kappa shape index (κ2) is 6.70. The van der Waals surface area contributed by atoms with E-state index < -0.39 is 0 Å². The summed E-state index contributed by atoms with van der Waals surface area (Å²) in [5.41, 5.74) is 0. The Balaban J connectivity index is 1.95. The van der Waals surface area contributed by atoms with Gasteiger partial charge < -0.3 is 15.7 Å².